The Bertz CT molecular complexity index is 257. The van der Waals surface area contributed by atoms with Gasteiger partial charge in [0.25, 0.3) is 0 Å². The van der Waals surface area contributed by atoms with Crippen molar-refractivity contribution < 1.29 is 0 Å². The number of rotatable bonds is 4. The molecule has 0 amide bonds. The lowest BCUT2D eigenvalue weighted by molar-refractivity contribution is 0.184. The molecule has 14 heavy (non-hydrogen) atoms. The predicted octanol–water partition coefficient (Wildman–Crippen LogP) is 0.294. The number of nitrogens with one attached hydrogen (secondary N) is 1. The van der Waals surface area contributed by atoms with Crippen molar-refractivity contribution >= 4 is 5.84 Å². The predicted molar refractivity (Wildman–Crippen MR) is 60.0 cm³/mol. The van der Waals surface area contributed by atoms with E-state index in [1.54, 1.807) is 13.1 Å². The second-order valence-electron chi connectivity index (χ2n) is 3.47. The lowest BCUT2D eigenvalue weighted by atomic mass is 10.1. The van der Waals surface area contributed by atoms with Crippen LogP contribution in [0.4, 0.5) is 0 Å². The Morgan fingerprint density at radius 3 is 2.79 bits per heavy atom. The van der Waals surface area contributed by atoms with Gasteiger partial charge in [0.15, 0.2) is 0 Å². The van der Waals surface area contributed by atoms with Gasteiger partial charge in [-0.1, -0.05) is 6.58 Å². The summed E-state index contributed by atoms with van der Waals surface area (Å²) in [7, 11) is 1.97. The van der Waals surface area contributed by atoms with Crippen molar-refractivity contribution in [3.05, 3.63) is 24.6 Å². The Morgan fingerprint density at radius 2 is 2.29 bits per heavy atom. The van der Waals surface area contributed by atoms with E-state index in [2.05, 4.69) is 21.8 Å². The first-order valence-corrected chi connectivity index (χ1v) is 4.71. The number of hydrogen-bond acceptors (Lipinski definition) is 3. The molecule has 3 N–H and O–H groups in total. The highest BCUT2D eigenvalue weighted by atomic mass is 15.2. The van der Waals surface area contributed by atoms with E-state index in [4.69, 9.17) is 5.73 Å². The molecule has 1 aliphatic heterocycles. The van der Waals surface area contributed by atoms with E-state index in [1.807, 2.05) is 13.1 Å². The van der Waals surface area contributed by atoms with Gasteiger partial charge in [0.05, 0.1) is 5.84 Å². The summed E-state index contributed by atoms with van der Waals surface area (Å²) in [6, 6.07) is 0.597. The minimum Gasteiger partial charge on any atom is -0.387 e. The maximum Gasteiger partial charge on any atom is 0.0957 e. The fourth-order valence-corrected chi connectivity index (χ4v) is 1.24. The van der Waals surface area contributed by atoms with Crippen molar-refractivity contribution in [2.45, 2.75) is 13.0 Å². The summed E-state index contributed by atoms with van der Waals surface area (Å²) in [5, 5.41) is 3.21. The van der Waals surface area contributed by atoms with Crippen LogP contribution in [0.1, 0.15) is 6.92 Å². The molecule has 0 unspecified atom stereocenters. The van der Waals surface area contributed by atoms with Crippen LogP contribution >= 0.6 is 0 Å². The van der Waals surface area contributed by atoms with Gasteiger partial charge in [-0.3, -0.25) is 0 Å². The second-order valence-corrected chi connectivity index (χ2v) is 3.47. The molecule has 0 spiro atoms. The molecular weight excluding hydrogens is 176 g/mol. The number of allylic oxidation sites excluding steroid dienone is 1. The average molecular weight is 194 g/mol. The van der Waals surface area contributed by atoms with E-state index in [9.17, 15) is 0 Å². The molecule has 0 saturated carbocycles. The Balaban J connectivity index is 2.31. The van der Waals surface area contributed by atoms with Crippen LogP contribution in [0.5, 0.6) is 0 Å². The van der Waals surface area contributed by atoms with Gasteiger partial charge in [0, 0.05) is 31.0 Å². The molecule has 78 valence electrons. The van der Waals surface area contributed by atoms with E-state index >= 15 is 0 Å². The first kappa shape index (κ1) is 10.8. The van der Waals surface area contributed by atoms with Gasteiger partial charge in [-0.25, -0.2) is 4.99 Å². The third kappa shape index (κ3) is 2.88. The molecule has 1 fully saturated rings. The summed E-state index contributed by atoms with van der Waals surface area (Å²) in [4.78, 5) is 6.15. The van der Waals surface area contributed by atoms with E-state index < -0.39 is 0 Å². The molecule has 4 heteroatoms. The van der Waals surface area contributed by atoms with Gasteiger partial charge in [-0.2, -0.15) is 0 Å². The zero-order chi connectivity index (χ0) is 10.6. The highest BCUT2D eigenvalue weighted by Crippen LogP contribution is 2.14. The second kappa shape index (κ2) is 4.81. The molecule has 1 saturated heterocycles. The minimum atomic E-state index is 0.561. The quantitative estimate of drug-likeness (QED) is 0.384. The number of nitrogens with zero attached hydrogens (tertiary/aromatic N) is 2. The van der Waals surface area contributed by atoms with Crippen LogP contribution in [0, 0.1) is 0 Å². The molecule has 0 radical (unpaired) electrons. The van der Waals surface area contributed by atoms with Crippen molar-refractivity contribution in [2.75, 3.05) is 20.1 Å². The first-order valence-electron chi connectivity index (χ1n) is 4.71. The molecule has 0 bridgehead atoms. The van der Waals surface area contributed by atoms with Crippen molar-refractivity contribution in [3.8, 4) is 0 Å². The SMILES string of the molecule is C=C(/C=C\N=C(C)N)N1CC(NC)C1. The summed E-state index contributed by atoms with van der Waals surface area (Å²) in [5.41, 5.74) is 6.38. The molecule has 0 aliphatic carbocycles. The number of likely N-dealkylation sites (tertiary alicyclic amines) is 1. The zero-order valence-electron chi connectivity index (χ0n) is 8.83. The summed E-state index contributed by atoms with van der Waals surface area (Å²) < 4.78 is 0. The molecule has 1 heterocycles. The lowest BCUT2D eigenvalue weighted by Gasteiger charge is -2.41. The fourth-order valence-electron chi connectivity index (χ4n) is 1.24. The lowest BCUT2D eigenvalue weighted by Crippen LogP contribution is -2.55. The zero-order valence-corrected chi connectivity index (χ0v) is 8.83. The summed E-state index contributed by atoms with van der Waals surface area (Å²) in [6.45, 7) is 7.74. The van der Waals surface area contributed by atoms with Crippen molar-refractivity contribution in [2.24, 2.45) is 10.7 Å². The fraction of sp³-hybridized carbons (Fsp3) is 0.500. The molecule has 0 aromatic carbocycles. The summed E-state index contributed by atoms with van der Waals surface area (Å²) in [5.74, 6) is 0.561. The number of amidine groups is 1. The number of likely N-dealkylation sites (N-methyl/N-ethyl adjacent to an activating group) is 1. The smallest absolute Gasteiger partial charge is 0.0957 e. The van der Waals surface area contributed by atoms with Crippen LogP contribution in [-0.4, -0.2) is 36.9 Å². The average Bonchev–Trinajstić information content (AvgIpc) is 2.01. The standard InChI is InChI=1S/C10H18N4/c1-8(4-5-13-9(2)11)14-6-10(7-14)12-3/h4-5,10,12H,1,6-7H2,2-3H3,(H2,11,13)/b5-4-. The van der Waals surface area contributed by atoms with E-state index in [0.717, 1.165) is 18.8 Å². The van der Waals surface area contributed by atoms with Crippen LogP contribution in [0.2, 0.25) is 0 Å². The molecule has 0 atom stereocenters. The Morgan fingerprint density at radius 1 is 1.64 bits per heavy atom. The largest absolute Gasteiger partial charge is 0.387 e. The monoisotopic (exact) mass is 194 g/mol. The molecule has 0 aromatic rings. The Hall–Kier alpha value is -1.29. The van der Waals surface area contributed by atoms with Gasteiger partial charge < -0.3 is 16.0 Å². The highest BCUT2D eigenvalue weighted by Gasteiger charge is 2.24. The van der Waals surface area contributed by atoms with E-state index in [-0.39, 0.29) is 0 Å². The first-order chi connectivity index (χ1) is 6.63. The number of hydrogen-bond donors (Lipinski definition) is 2. The maximum atomic E-state index is 5.39. The molecule has 1 rings (SSSR count). The normalized spacial score (nSPS) is 18.7. The van der Waals surface area contributed by atoms with Crippen molar-refractivity contribution in [1.82, 2.24) is 10.2 Å². The van der Waals surface area contributed by atoms with Gasteiger partial charge >= 0.3 is 0 Å². The minimum absolute atomic E-state index is 0.561. The summed E-state index contributed by atoms with van der Waals surface area (Å²) >= 11 is 0. The van der Waals surface area contributed by atoms with Gasteiger partial charge in [-0.15, -0.1) is 0 Å². The Kier molecular flexibility index (Phi) is 3.71. The van der Waals surface area contributed by atoms with Gasteiger partial charge in [0.1, 0.15) is 0 Å². The number of aliphatic imine (C=N–C) groups is 1. The molecule has 0 aromatic heterocycles. The van der Waals surface area contributed by atoms with Crippen LogP contribution < -0.4 is 11.1 Å². The topological polar surface area (TPSA) is 53.6 Å². The third-order valence-electron chi connectivity index (χ3n) is 2.24. The summed E-state index contributed by atoms with van der Waals surface area (Å²) in [6.07, 6.45) is 3.56. The van der Waals surface area contributed by atoms with E-state index in [1.165, 1.54) is 0 Å². The Labute approximate surface area is 85.2 Å². The molecule has 4 nitrogen and oxygen atoms in total. The molecule has 1 aliphatic rings. The van der Waals surface area contributed by atoms with Crippen LogP contribution in [0.25, 0.3) is 0 Å². The number of nitrogens with two attached hydrogens (primary N) is 1. The third-order valence-corrected chi connectivity index (χ3v) is 2.24. The van der Waals surface area contributed by atoms with Crippen molar-refractivity contribution in [1.29, 1.82) is 0 Å². The highest BCUT2D eigenvalue weighted by molar-refractivity contribution is 5.77. The van der Waals surface area contributed by atoms with Crippen LogP contribution in [0.15, 0.2) is 29.5 Å². The van der Waals surface area contributed by atoms with Crippen LogP contribution in [-0.2, 0) is 0 Å². The van der Waals surface area contributed by atoms with E-state index in [0.29, 0.717) is 11.9 Å². The van der Waals surface area contributed by atoms with Gasteiger partial charge in [0.2, 0.25) is 0 Å². The maximum absolute atomic E-state index is 5.39. The van der Waals surface area contributed by atoms with Crippen molar-refractivity contribution in [3.63, 3.8) is 0 Å². The van der Waals surface area contributed by atoms with Gasteiger partial charge in [-0.05, 0) is 20.0 Å². The van der Waals surface area contributed by atoms with Crippen LogP contribution in [0.3, 0.4) is 0 Å². The molecular formula is C10H18N4.